The minimum Gasteiger partial charge on any atom is -0.493 e. The van der Waals surface area contributed by atoms with E-state index >= 15 is 0 Å². The minimum atomic E-state index is -0.767. The molecule has 0 aliphatic carbocycles. The van der Waals surface area contributed by atoms with Crippen LogP contribution >= 0.6 is 0 Å². The first kappa shape index (κ1) is 14.6. The van der Waals surface area contributed by atoms with Gasteiger partial charge in [0.25, 0.3) is 0 Å². The summed E-state index contributed by atoms with van der Waals surface area (Å²) < 4.78 is 15.4. The number of rotatable bonds is 5. The predicted octanol–water partition coefficient (Wildman–Crippen LogP) is 0.596. The molecule has 1 fully saturated rings. The van der Waals surface area contributed by atoms with Crippen LogP contribution in [0.4, 0.5) is 0 Å². The molecule has 0 bridgehead atoms. The van der Waals surface area contributed by atoms with Crippen LogP contribution in [0.15, 0.2) is 18.2 Å². The first-order valence-electron chi connectivity index (χ1n) is 6.41. The lowest BCUT2D eigenvalue weighted by Crippen LogP contribution is -2.43. The fourth-order valence-electron chi connectivity index (χ4n) is 2.12. The molecule has 0 radical (unpaired) electrons. The molecule has 1 saturated heterocycles. The van der Waals surface area contributed by atoms with Gasteiger partial charge in [0.1, 0.15) is 6.61 Å². The third kappa shape index (κ3) is 3.20. The van der Waals surface area contributed by atoms with Gasteiger partial charge >= 0.3 is 0 Å². The second-order valence-corrected chi connectivity index (χ2v) is 4.52. The number of nitrogens with zero attached hydrogens (tertiary/aromatic N) is 1. The number of hydrogen-bond donors (Lipinski definition) is 1. The highest BCUT2D eigenvalue weighted by Gasteiger charge is 2.22. The quantitative estimate of drug-likeness (QED) is 0.856. The van der Waals surface area contributed by atoms with Crippen LogP contribution in [-0.2, 0) is 9.53 Å². The van der Waals surface area contributed by atoms with Crippen LogP contribution in [0, 0.1) is 0 Å². The summed E-state index contributed by atoms with van der Waals surface area (Å²) in [5, 5.41) is 10.2. The molecule has 1 unspecified atom stereocenters. The third-order valence-corrected chi connectivity index (χ3v) is 3.27. The number of benzene rings is 1. The Kier molecular flexibility index (Phi) is 4.81. The summed E-state index contributed by atoms with van der Waals surface area (Å²) in [6, 6.07) is 5.21. The van der Waals surface area contributed by atoms with E-state index in [2.05, 4.69) is 0 Å². The van der Waals surface area contributed by atoms with Crippen LogP contribution < -0.4 is 9.47 Å². The van der Waals surface area contributed by atoms with Gasteiger partial charge in [-0.05, 0) is 17.7 Å². The van der Waals surface area contributed by atoms with Crippen LogP contribution in [0.5, 0.6) is 11.5 Å². The molecule has 6 nitrogen and oxygen atoms in total. The Morgan fingerprint density at radius 1 is 1.35 bits per heavy atom. The van der Waals surface area contributed by atoms with Gasteiger partial charge in [0.05, 0.1) is 33.5 Å². The lowest BCUT2D eigenvalue weighted by Gasteiger charge is -2.29. The van der Waals surface area contributed by atoms with Gasteiger partial charge in [0, 0.05) is 6.54 Å². The first-order chi connectivity index (χ1) is 9.65. The molecule has 1 heterocycles. The highest BCUT2D eigenvalue weighted by molar-refractivity contribution is 5.78. The van der Waals surface area contributed by atoms with Crippen LogP contribution in [0.25, 0.3) is 0 Å². The lowest BCUT2D eigenvalue weighted by molar-refractivity contribution is -0.144. The zero-order valence-electron chi connectivity index (χ0n) is 11.7. The normalized spacial score (nSPS) is 16.9. The van der Waals surface area contributed by atoms with Crippen molar-refractivity contribution < 1.29 is 24.1 Å². The highest BCUT2D eigenvalue weighted by Crippen LogP contribution is 2.30. The molecule has 1 N–H and O–H groups in total. The summed E-state index contributed by atoms with van der Waals surface area (Å²) in [6.07, 6.45) is -0.767. The van der Waals surface area contributed by atoms with Crippen molar-refractivity contribution >= 4 is 5.91 Å². The Hall–Kier alpha value is -1.79. The molecule has 1 aliphatic rings. The summed E-state index contributed by atoms with van der Waals surface area (Å²) in [5.41, 5.74) is 0.682. The molecule has 6 heteroatoms. The van der Waals surface area contributed by atoms with Crippen molar-refractivity contribution in [3.05, 3.63) is 23.8 Å². The second-order valence-electron chi connectivity index (χ2n) is 4.52. The zero-order chi connectivity index (χ0) is 14.5. The standard InChI is InChI=1S/C14H19NO5/c1-18-12-4-3-10(7-13(12)19-2)11(16)8-15-5-6-20-9-14(15)17/h3-4,7,11,16H,5-6,8-9H2,1-2H3. The van der Waals surface area contributed by atoms with E-state index in [1.165, 1.54) is 0 Å². The molecule has 1 aromatic rings. The number of carbonyl (C=O) groups excluding carboxylic acids is 1. The Labute approximate surface area is 117 Å². The van der Waals surface area contributed by atoms with Crippen molar-refractivity contribution in [2.24, 2.45) is 0 Å². The summed E-state index contributed by atoms with van der Waals surface area (Å²) in [4.78, 5) is 13.2. The van der Waals surface area contributed by atoms with Crippen LogP contribution in [0.1, 0.15) is 11.7 Å². The van der Waals surface area contributed by atoms with E-state index in [9.17, 15) is 9.90 Å². The summed E-state index contributed by atoms with van der Waals surface area (Å²) in [6.45, 7) is 1.34. The predicted molar refractivity (Wildman–Crippen MR) is 71.9 cm³/mol. The summed E-state index contributed by atoms with van der Waals surface area (Å²) >= 11 is 0. The van der Waals surface area contributed by atoms with Crippen molar-refractivity contribution in [3.63, 3.8) is 0 Å². The fraction of sp³-hybridized carbons (Fsp3) is 0.500. The number of carbonyl (C=O) groups is 1. The Bertz CT molecular complexity index is 477. The second kappa shape index (κ2) is 6.58. The van der Waals surface area contributed by atoms with Crippen LogP contribution in [0.3, 0.4) is 0 Å². The molecular formula is C14H19NO5. The fourth-order valence-corrected chi connectivity index (χ4v) is 2.12. The molecule has 1 atom stereocenters. The van der Waals surface area contributed by atoms with Crippen molar-refractivity contribution in [3.8, 4) is 11.5 Å². The molecule has 0 saturated carbocycles. The number of β-amino-alcohol motifs (C(OH)–C–C–N with tert-alkyl or cyclic N) is 1. The zero-order valence-corrected chi connectivity index (χ0v) is 11.7. The van der Waals surface area contributed by atoms with Crippen molar-refractivity contribution in [2.75, 3.05) is 40.5 Å². The minimum absolute atomic E-state index is 0.0820. The molecule has 20 heavy (non-hydrogen) atoms. The molecule has 0 spiro atoms. The summed E-state index contributed by atoms with van der Waals surface area (Å²) in [7, 11) is 3.10. The number of methoxy groups -OCH3 is 2. The van der Waals surface area contributed by atoms with E-state index < -0.39 is 6.10 Å². The van der Waals surface area contributed by atoms with Crippen LogP contribution in [-0.4, -0.2) is 56.4 Å². The van der Waals surface area contributed by atoms with Gasteiger partial charge in [-0.2, -0.15) is 0 Å². The van der Waals surface area contributed by atoms with Crippen molar-refractivity contribution in [2.45, 2.75) is 6.10 Å². The molecule has 110 valence electrons. The molecule has 0 aromatic heterocycles. The highest BCUT2D eigenvalue weighted by atomic mass is 16.5. The van der Waals surface area contributed by atoms with Crippen molar-refractivity contribution in [1.82, 2.24) is 4.90 Å². The van der Waals surface area contributed by atoms with E-state index in [1.54, 1.807) is 37.3 Å². The Balaban J connectivity index is 2.08. The van der Waals surface area contributed by atoms with E-state index in [0.29, 0.717) is 30.2 Å². The number of amides is 1. The monoisotopic (exact) mass is 281 g/mol. The summed E-state index contributed by atoms with van der Waals surface area (Å²) in [5.74, 6) is 1.05. The number of morpholine rings is 1. The largest absolute Gasteiger partial charge is 0.493 e. The molecular weight excluding hydrogens is 262 g/mol. The van der Waals surface area contributed by atoms with E-state index in [1.807, 2.05) is 0 Å². The third-order valence-electron chi connectivity index (χ3n) is 3.27. The van der Waals surface area contributed by atoms with Gasteiger partial charge in [-0.15, -0.1) is 0 Å². The number of aliphatic hydroxyl groups is 1. The smallest absolute Gasteiger partial charge is 0.248 e. The average molecular weight is 281 g/mol. The molecule has 2 rings (SSSR count). The van der Waals surface area contributed by atoms with Crippen molar-refractivity contribution in [1.29, 1.82) is 0 Å². The number of ether oxygens (including phenoxy) is 3. The lowest BCUT2D eigenvalue weighted by atomic mass is 10.1. The first-order valence-corrected chi connectivity index (χ1v) is 6.41. The number of aliphatic hydroxyl groups excluding tert-OH is 1. The number of hydrogen-bond acceptors (Lipinski definition) is 5. The maximum absolute atomic E-state index is 11.6. The van der Waals surface area contributed by atoms with Gasteiger partial charge < -0.3 is 24.2 Å². The van der Waals surface area contributed by atoms with E-state index in [-0.39, 0.29) is 19.1 Å². The maximum Gasteiger partial charge on any atom is 0.248 e. The Morgan fingerprint density at radius 2 is 2.10 bits per heavy atom. The van der Waals surface area contributed by atoms with E-state index in [4.69, 9.17) is 14.2 Å². The SMILES string of the molecule is COc1ccc(C(O)CN2CCOCC2=O)cc1OC. The van der Waals surface area contributed by atoms with Gasteiger partial charge in [0.2, 0.25) is 5.91 Å². The topological polar surface area (TPSA) is 68.2 Å². The van der Waals surface area contributed by atoms with Gasteiger partial charge in [-0.1, -0.05) is 6.07 Å². The van der Waals surface area contributed by atoms with Gasteiger partial charge in [0.15, 0.2) is 11.5 Å². The molecule has 1 aromatic carbocycles. The van der Waals surface area contributed by atoms with Crippen LogP contribution in [0.2, 0.25) is 0 Å². The molecule has 1 amide bonds. The Morgan fingerprint density at radius 3 is 2.75 bits per heavy atom. The average Bonchev–Trinajstić information content (AvgIpc) is 2.48. The van der Waals surface area contributed by atoms with E-state index in [0.717, 1.165) is 0 Å². The van der Waals surface area contributed by atoms with Gasteiger partial charge in [-0.25, -0.2) is 0 Å². The van der Waals surface area contributed by atoms with Gasteiger partial charge in [-0.3, -0.25) is 4.79 Å². The molecule has 1 aliphatic heterocycles. The maximum atomic E-state index is 11.6.